The second kappa shape index (κ2) is 16.3. The van der Waals surface area contributed by atoms with Crippen molar-refractivity contribution in [1.82, 2.24) is 0 Å². The van der Waals surface area contributed by atoms with Gasteiger partial charge in [-0.25, -0.2) is 9.59 Å². The molecule has 1 aromatic rings. The first-order chi connectivity index (χ1) is 23.2. The van der Waals surface area contributed by atoms with E-state index in [1.807, 2.05) is 27.7 Å². The number of carbonyl (C=O) groups is 2. The quantitative estimate of drug-likeness (QED) is 0.0596. The molecule has 2 fully saturated rings. The van der Waals surface area contributed by atoms with Gasteiger partial charge in [-0.1, -0.05) is 53.3 Å². The summed E-state index contributed by atoms with van der Waals surface area (Å²) in [6, 6.07) is 3.49. The first kappa shape index (κ1) is 40.4. The fraction of sp³-hybridized carbons (Fsp3) is 0.500. The molecule has 0 saturated heterocycles. The molecule has 50 heavy (non-hydrogen) atoms. The van der Waals surface area contributed by atoms with Gasteiger partial charge >= 0.3 is 24.2 Å². The average molecular weight is 703 g/mol. The van der Waals surface area contributed by atoms with Crippen molar-refractivity contribution in [3.05, 3.63) is 95.0 Å². The van der Waals surface area contributed by atoms with Crippen LogP contribution in [0.25, 0.3) is 0 Å². The molecule has 0 bridgehead atoms. The van der Waals surface area contributed by atoms with E-state index >= 15 is 17.6 Å². The number of rotatable bonds is 15. The molecule has 6 atom stereocenters. The average Bonchev–Trinajstić information content (AvgIpc) is 3.00. The monoisotopic (exact) mass is 702 g/mol. The number of esters is 2. The Balaban J connectivity index is 1.84. The molecule has 3 rings (SSSR count). The minimum Gasteiger partial charge on any atom is -0.429 e. The van der Waals surface area contributed by atoms with Crippen molar-refractivity contribution < 1.29 is 46.1 Å². The topological polar surface area (TPSA) is 71.1 Å². The molecule has 2 aliphatic rings. The predicted molar refractivity (Wildman–Crippen MR) is 185 cm³/mol. The lowest BCUT2D eigenvalue weighted by Gasteiger charge is -2.44. The predicted octanol–water partition coefficient (Wildman–Crippen LogP) is 10.8. The summed E-state index contributed by atoms with van der Waals surface area (Å²) in [5.41, 5.74) is -0.237. The summed E-state index contributed by atoms with van der Waals surface area (Å²) in [4.78, 5) is 24.2. The molecule has 5 unspecified atom stereocenters. The number of alkyl halides is 4. The van der Waals surface area contributed by atoms with Crippen LogP contribution in [0.5, 0.6) is 11.5 Å². The zero-order valence-electron chi connectivity index (χ0n) is 30.5. The summed E-state index contributed by atoms with van der Waals surface area (Å²) < 4.78 is 83.4. The Kier molecular flexibility index (Phi) is 13.2. The van der Waals surface area contributed by atoms with Crippen LogP contribution in [0.3, 0.4) is 0 Å². The summed E-state index contributed by atoms with van der Waals surface area (Å²) in [6.45, 7) is 22.0. The Morgan fingerprint density at radius 1 is 0.800 bits per heavy atom. The Morgan fingerprint density at radius 2 is 1.38 bits per heavy atom. The highest BCUT2D eigenvalue weighted by Gasteiger charge is 2.49. The molecule has 274 valence electrons. The lowest BCUT2D eigenvalue weighted by atomic mass is 9.63. The summed E-state index contributed by atoms with van der Waals surface area (Å²) in [6.07, 6.45) is 0.0585. The van der Waals surface area contributed by atoms with E-state index in [-0.39, 0.29) is 69.1 Å². The highest BCUT2D eigenvalue weighted by Crippen LogP contribution is 2.50. The van der Waals surface area contributed by atoms with Gasteiger partial charge in [0, 0.05) is 28.2 Å². The van der Waals surface area contributed by atoms with E-state index in [0.29, 0.717) is 5.76 Å². The van der Waals surface area contributed by atoms with Gasteiger partial charge in [0.05, 0.1) is 0 Å². The maximum atomic E-state index is 15.9. The molecule has 0 aromatic heterocycles. The number of benzene rings is 1. The first-order valence-corrected chi connectivity index (χ1v) is 17.0. The van der Waals surface area contributed by atoms with E-state index < -0.39 is 35.6 Å². The largest absolute Gasteiger partial charge is 0.429 e. The van der Waals surface area contributed by atoms with Gasteiger partial charge < -0.3 is 18.9 Å². The van der Waals surface area contributed by atoms with Crippen molar-refractivity contribution >= 4 is 11.9 Å². The molecular weight excluding hydrogens is 652 g/mol. The highest BCUT2D eigenvalue weighted by atomic mass is 19.3. The molecule has 6 nitrogen and oxygen atoms in total. The second-order valence-electron chi connectivity index (χ2n) is 13.9. The normalized spacial score (nSPS) is 24.8. The van der Waals surface area contributed by atoms with Gasteiger partial charge in [-0.3, -0.25) is 0 Å². The minimum absolute atomic E-state index is 0.0397. The van der Waals surface area contributed by atoms with Crippen LogP contribution in [0.4, 0.5) is 17.6 Å². The molecule has 10 heteroatoms. The second-order valence-corrected chi connectivity index (χ2v) is 13.9. The van der Waals surface area contributed by atoms with Crippen LogP contribution >= 0.6 is 0 Å². The number of allylic oxidation sites excluding steroid dienone is 6. The van der Waals surface area contributed by atoms with Crippen LogP contribution in [0, 0.1) is 42.4 Å². The molecule has 1 aromatic carbocycles. The Labute approximate surface area is 293 Å². The van der Waals surface area contributed by atoms with Gasteiger partial charge in [-0.15, -0.1) is 0 Å². The van der Waals surface area contributed by atoms with E-state index in [2.05, 4.69) is 13.2 Å². The Morgan fingerprint density at radius 3 is 1.90 bits per heavy atom. The molecular formula is C40H50F4O6. The third-order valence-corrected chi connectivity index (χ3v) is 9.56. The van der Waals surface area contributed by atoms with Crippen LogP contribution in [-0.2, 0) is 19.1 Å². The smallest absolute Gasteiger partial charge is 0.423 e. The zero-order valence-corrected chi connectivity index (χ0v) is 30.5. The van der Waals surface area contributed by atoms with E-state index in [0.717, 1.165) is 37.5 Å². The Bertz CT molecular complexity index is 1590. The number of halogens is 4. The van der Waals surface area contributed by atoms with Crippen molar-refractivity contribution in [3.63, 3.8) is 0 Å². The summed E-state index contributed by atoms with van der Waals surface area (Å²) in [5, 5.41) is 0. The maximum absolute atomic E-state index is 15.9. The van der Waals surface area contributed by atoms with Gasteiger partial charge in [0.15, 0.2) is 0 Å². The molecule has 0 amide bonds. The Hall–Kier alpha value is -4.08. The molecule has 0 radical (unpaired) electrons. The van der Waals surface area contributed by atoms with Crippen LogP contribution in [0.1, 0.15) is 80.2 Å². The molecule has 0 spiro atoms. The van der Waals surface area contributed by atoms with Gasteiger partial charge in [0.25, 0.3) is 0 Å². The molecule has 2 aliphatic carbocycles. The summed E-state index contributed by atoms with van der Waals surface area (Å²) >= 11 is 0. The first-order valence-electron chi connectivity index (χ1n) is 17.0. The lowest BCUT2D eigenvalue weighted by molar-refractivity contribution is -0.157. The van der Waals surface area contributed by atoms with E-state index in [1.165, 1.54) is 58.9 Å². The number of carbonyl (C=O) groups excluding carboxylic acids is 2. The highest BCUT2D eigenvalue weighted by molar-refractivity contribution is 5.88. The van der Waals surface area contributed by atoms with Crippen LogP contribution < -0.4 is 9.47 Å². The van der Waals surface area contributed by atoms with E-state index in [4.69, 9.17) is 18.9 Å². The fourth-order valence-electron chi connectivity index (χ4n) is 6.64. The summed E-state index contributed by atoms with van der Waals surface area (Å²) in [7, 11) is 0. The molecule has 0 N–H and O–H groups in total. The van der Waals surface area contributed by atoms with E-state index in [9.17, 15) is 9.59 Å². The molecule has 0 heterocycles. The van der Waals surface area contributed by atoms with Crippen LogP contribution in [0.2, 0.25) is 0 Å². The minimum atomic E-state index is -3.78. The lowest BCUT2D eigenvalue weighted by Crippen LogP contribution is -2.42. The molecule has 0 aliphatic heterocycles. The maximum Gasteiger partial charge on any atom is 0.423 e. The van der Waals surface area contributed by atoms with Crippen molar-refractivity contribution in [1.29, 1.82) is 0 Å². The number of ether oxygens (including phenoxy) is 4. The van der Waals surface area contributed by atoms with Crippen molar-refractivity contribution in [3.8, 4) is 11.5 Å². The third-order valence-electron chi connectivity index (χ3n) is 9.56. The van der Waals surface area contributed by atoms with Crippen LogP contribution in [0.15, 0.2) is 89.5 Å². The van der Waals surface area contributed by atoms with Gasteiger partial charge in [-0.2, -0.15) is 17.6 Å². The SMILES string of the molecule is C=C(C)C(=O)O/C(C)=C/C=C(\C1C(C)C[C@@H]1C)C(F)(F)Oc1ccc(OC(F)(F)/C(C)=C/C=C(/OC(=O)C(=C)C)C2C(C)CC2CC)cc1C. The van der Waals surface area contributed by atoms with Crippen molar-refractivity contribution in [2.24, 2.45) is 35.5 Å². The van der Waals surface area contributed by atoms with Gasteiger partial charge in [0.1, 0.15) is 23.0 Å². The third kappa shape index (κ3) is 9.79. The van der Waals surface area contributed by atoms with Gasteiger partial charge in [0.2, 0.25) is 0 Å². The summed E-state index contributed by atoms with van der Waals surface area (Å²) in [5.74, 6) is -1.57. The standard InChI is InChI=1S/C40H50F4O6/c1-12-30-20-27(9)36(30)34(48-38(46)23(4)5)17-13-28(10)39(41,42)49-31-15-18-33(24(6)21-31)50-40(43,44)32(35-25(7)19-26(35)8)16-14-29(11)47-37(45)22(2)3/h13-18,21,25-27,30,35-36H,2,4,12,19-20H2,1,3,5-11H3/b28-13+,29-14+,32-16+,34-17+/t25-,26?,27?,30?,35?,36?/m0/s1. The van der Waals surface area contributed by atoms with E-state index in [1.54, 1.807) is 0 Å². The van der Waals surface area contributed by atoms with Gasteiger partial charge in [-0.05, 0) is 119 Å². The van der Waals surface area contributed by atoms with Crippen LogP contribution in [-0.4, -0.2) is 24.2 Å². The molecule has 2 saturated carbocycles. The van der Waals surface area contributed by atoms with Crippen molar-refractivity contribution in [2.75, 3.05) is 0 Å². The van der Waals surface area contributed by atoms with Crippen molar-refractivity contribution in [2.45, 2.75) is 93.8 Å². The number of aryl methyl sites for hydroxylation is 1. The zero-order chi connectivity index (χ0) is 37.7. The fourth-order valence-corrected chi connectivity index (χ4v) is 6.64. The number of hydrogen-bond donors (Lipinski definition) is 0. The number of hydrogen-bond acceptors (Lipinski definition) is 6.